The summed E-state index contributed by atoms with van der Waals surface area (Å²) in [6.45, 7) is 0.647. The van der Waals surface area contributed by atoms with Crippen LogP contribution >= 0.6 is 0 Å². The molecule has 2 N–H and O–H groups in total. The Kier molecular flexibility index (Phi) is 5.73. The van der Waals surface area contributed by atoms with E-state index in [0.717, 1.165) is 11.1 Å². The van der Waals surface area contributed by atoms with E-state index in [2.05, 4.69) is 29.6 Å². The number of hydrogen-bond donors (Lipinski definition) is 2. The van der Waals surface area contributed by atoms with Crippen LogP contribution in [-0.4, -0.2) is 24.4 Å². The molecule has 4 nitrogen and oxygen atoms in total. The molecule has 0 bridgehead atoms. The summed E-state index contributed by atoms with van der Waals surface area (Å²) >= 11 is 0. The maximum atomic E-state index is 12.2. The summed E-state index contributed by atoms with van der Waals surface area (Å²) in [6.07, 6.45) is 3.29. The van der Waals surface area contributed by atoms with Crippen molar-refractivity contribution in [3.8, 4) is 11.1 Å². The molecule has 0 saturated heterocycles. The highest BCUT2D eigenvalue weighted by Gasteiger charge is 2.28. The zero-order valence-corrected chi connectivity index (χ0v) is 16.0. The van der Waals surface area contributed by atoms with Gasteiger partial charge in [-0.2, -0.15) is 0 Å². The Morgan fingerprint density at radius 2 is 1.55 bits per heavy atom. The minimum atomic E-state index is -0.438. The molecule has 0 unspecified atom stereocenters. The Bertz CT molecular complexity index is 996. The molecule has 1 aliphatic rings. The summed E-state index contributed by atoms with van der Waals surface area (Å²) in [5.41, 5.74) is 6.60. The normalized spacial score (nSPS) is 12.6. The van der Waals surface area contributed by atoms with Crippen molar-refractivity contribution in [3.63, 3.8) is 0 Å². The maximum Gasteiger partial charge on any atom is 0.407 e. The third-order valence-corrected chi connectivity index (χ3v) is 5.23. The first-order valence-electron chi connectivity index (χ1n) is 9.72. The zero-order valence-electron chi connectivity index (χ0n) is 16.0. The molecule has 1 aliphatic carbocycles. The van der Waals surface area contributed by atoms with Gasteiger partial charge in [0.15, 0.2) is 0 Å². The molecule has 0 radical (unpaired) electrons. The largest absolute Gasteiger partial charge is 0.449 e. The summed E-state index contributed by atoms with van der Waals surface area (Å²) in [4.78, 5) is 12.2. The van der Waals surface area contributed by atoms with Crippen LogP contribution in [0.25, 0.3) is 17.2 Å². The third kappa shape index (κ3) is 4.08. The topological polar surface area (TPSA) is 58.6 Å². The van der Waals surface area contributed by atoms with E-state index >= 15 is 0 Å². The van der Waals surface area contributed by atoms with Crippen LogP contribution in [0.4, 0.5) is 4.79 Å². The molecule has 0 fully saturated rings. The van der Waals surface area contributed by atoms with Crippen LogP contribution in [0.5, 0.6) is 0 Å². The van der Waals surface area contributed by atoms with Crippen LogP contribution < -0.4 is 5.32 Å². The van der Waals surface area contributed by atoms with E-state index in [1.807, 2.05) is 60.7 Å². The SMILES string of the molecule is O=C(NCC=Cc1ccccc1CO)OCC1c2ccccc2-c2ccccc21. The lowest BCUT2D eigenvalue weighted by molar-refractivity contribution is 0.144. The van der Waals surface area contributed by atoms with Crippen LogP contribution in [0, 0.1) is 0 Å². The molecule has 4 heteroatoms. The summed E-state index contributed by atoms with van der Waals surface area (Å²) in [5.74, 6) is 0.0557. The van der Waals surface area contributed by atoms with Gasteiger partial charge in [0.05, 0.1) is 6.61 Å². The first-order chi connectivity index (χ1) is 14.3. The summed E-state index contributed by atoms with van der Waals surface area (Å²) in [5, 5.41) is 12.1. The zero-order chi connectivity index (χ0) is 20.1. The van der Waals surface area contributed by atoms with Crippen LogP contribution in [0.15, 0.2) is 78.9 Å². The average Bonchev–Trinajstić information content (AvgIpc) is 3.09. The number of ether oxygens (including phenoxy) is 1. The second kappa shape index (κ2) is 8.76. The molecule has 1 amide bonds. The van der Waals surface area contributed by atoms with E-state index in [4.69, 9.17) is 4.74 Å². The van der Waals surface area contributed by atoms with Gasteiger partial charge in [-0.25, -0.2) is 4.79 Å². The van der Waals surface area contributed by atoms with Crippen molar-refractivity contribution in [2.45, 2.75) is 12.5 Å². The van der Waals surface area contributed by atoms with Crippen molar-refractivity contribution in [1.82, 2.24) is 5.32 Å². The van der Waals surface area contributed by atoms with E-state index in [-0.39, 0.29) is 12.5 Å². The highest BCUT2D eigenvalue weighted by atomic mass is 16.5. The number of fused-ring (bicyclic) bond motifs is 3. The van der Waals surface area contributed by atoms with Crippen molar-refractivity contribution in [1.29, 1.82) is 0 Å². The number of rotatable bonds is 6. The molecule has 29 heavy (non-hydrogen) atoms. The maximum absolute atomic E-state index is 12.2. The Labute approximate surface area is 170 Å². The van der Waals surface area contributed by atoms with Gasteiger partial charge in [-0.05, 0) is 33.4 Å². The fourth-order valence-corrected chi connectivity index (χ4v) is 3.82. The van der Waals surface area contributed by atoms with Crippen molar-refractivity contribution in [2.24, 2.45) is 0 Å². The first-order valence-corrected chi connectivity index (χ1v) is 9.72. The van der Waals surface area contributed by atoms with Gasteiger partial charge < -0.3 is 15.2 Å². The molecule has 3 aromatic rings. The molecule has 0 aromatic heterocycles. The first kappa shape index (κ1) is 19.0. The van der Waals surface area contributed by atoms with Gasteiger partial charge in [0.1, 0.15) is 6.61 Å². The second-order valence-electron chi connectivity index (χ2n) is 6.97. The molecular formula is C25H23NO3. The Morgan fingerprint density at radius 1 is 0.931 bits per heavy atom. The van der Waals surface area contributed by atoms with Gasteiger partial charge in [-0.1, -0.05) is 84.9 Å². The van der Waals surface area contributed by atoms with Gasteiger partial charge in [0.25, 0.3) is 0 Å². The Hall–Kier alpha value is -3.37. The molecule has 0 heterocycles. The lowest BCUT2D eigenvalue weighted by Crippen LogP contribution is -2.26. The predicted octanol–water partition coefficient (Wildman–Crippen LogP) is 4.73. The Balaban J connectivity index is 1.34. The molecule has 0 saturated carbocycles. The third-order valence-electron chi connectivity index (χ3n) is 5.23. The standard InChI is InChI=1S/C25H23NO3/c27-16-19-9-2-1-8-18(19)10-7-15-26-25(28)29-17-24-22-13-5-3-11-20(22)21-12-4-6-14-23(21)24/h1-14,24,27H,15-17H2,(H,26,28). The minimum absolute atomic E-state index is 0.0136. The van der Waals surface area contributed by atoms with E-state index in [1.165, 1.54) is 22.3 Å². The van der Waals surface area contributed by atoms with Crippen molar-refractivity contribution >= 4 is 12.2 Å². The quantitative estimate of drug-likeness (QED) is 0.645. The number of hydrogen-bond acceptors (Lipinski definition) is 3. The summed E-state index contributed by atoms with van der Waals surface area (Å²) in [6, 6.07) is 24.1. The van der Waals surface area contributed by atoms with Crippen LogP contribution in [0.2, 0.25) is 0 Å². The van der Waals surface area contributed by atoms with Gasteiger partial charge in [-0.15, -0.1) is 0 Å². The van der Waals surface area contributed by atoms with Crippen LogP contribution in [0.3, 0.4) is 0 Å². The molecule has 0 spiro atoms. The summed E-state index contributed by atoms with van der Waals surface area (Å²) < 4.78 is 5.51. The molecule has 0 atom stereocenters. The van der Waals surface area contributed by atoms with Gasteiger partial charge in [-0.3, -0.25) is 0 Å². The molecule has 146 valence electrons. The predicted molar refractivity (Wildman–Crippen MR) is 114 cm³/mol. The number of carbonyl (C=O) groups is 1. The van der Waals surface area contributed by atoms with Gasteiger partial charge in [0.2, 0.25) is 0 Å². The van der Waals surface area contributed by atoms with Crippen LogP contribution in [-0.2, 0) is 11.3 Å². The molecule has 3 aromatic carbocycles. The van der Waals surface area contributed by atoms with Crippen molar-refractivity contribution in [2.75, 3.05) is 13.2 Å². The molecular weight excluding hydrogens is 362 g/mol. The number of amides is 1. The average molecular weight is 385 g/mol. The monoisotopic (exact) mass is 385 g/mol. The number of benzene rings is 3. The van der Waals surface area contributed by atoms with E-state index in [0.29, 0.717) is 13.2 Å². The lowest BCUT2D eigenvalue weighted by atomic mass is 9.98. The summed E-state index contributed by atoms with van der Waals surface area (Å²) in [7, 11) is 0. The number of nitrogens with one attached hydrogen (secondary N) is 1. The lowest BCUT2D eigenvalue weighted by Gasteiger charge is -2.14. The van der Waals surface area contributed by atoms with Crippen molar-refractivity contribution in [3.05, 3.63) is 101 Å². The number of aliphatic hydroxyl groups excluding tert-OH is 1. The van der Waals surface area contributed by atoms with Gasteiger partial charge in [0, 0.05) is 12.5 Å². The Morgan fingerprint density at radius 3 is 2.24 bits per heavy atom. The second-order valence-corrected chi connectivity index (χ2v) is 6.97. The van der Waals surface area contributed by atoms with E-state index in [1.54, 1.807) is 0 Å². The smallest absolute Gasteiger partial charge is 0.407 e. The molecule has 4 rings (SSSR count). The van der Waals surface area contributed by atoms with E-state index < -0.39 is 6.09 Å². The number of carbonyl (C=O) groups excluding carboxylic acids is 1. The van der Waals surface area contributed by atoms with Gasteiger partial charge >= 0.3 is 6.09 Å². The minimum Gasteiger partial charge on any atom is -0.449 e. The number of aliphatic hydroxyl groups is 1. The van der Waals surface area contributed by atoms with Crippen LogP contribution in [0.1, 0.15) is 28.2 Å². The van der Waals surface area contributed by atoms with Crippen molar-refractivity contribution < 1.29 is 14.6 Å². The molecule has 0 aliphatic heterocycles. The highest BCUT2D eigenvalue weighted by molar-refractivity contribution is 5.79. The van der Waals surface area contributed by atoms with E-state index in [9.17, 15) is 9.90 Å². The fraction of sp³-hybridized carbons (Fsp3) is 0.160. The highest BCUT2D eigenvalue weighted by Crippen LogP contribution is 2.44. The number of alkyl carbamates (subject to hydrolysis) is 1. The fourth-order valence-electron chi connectivity index (χ4n) is 3.82.